The zero-order valence-corrected chi connectivity index (χ0v) is 12.2. The van der Waals surface area contributed by atoms with Gasteiger partial charge >= 0.3 is 11.8 Å². The molecule has 0 spiro atoms. The Balaban J connectivity index is 1.90. The standard InChI is InChI=1S/C16H20N2O3/c1-10-2-4-13(18(9-10)16(20)15(17)19)11-3-5-14-12(8-11)6-7-21-14/h3,5,8,10,13H,2,4,6-7,9H2,1H3,(H2,17,19). The number of ether oxygens (including phenoxy) is 1. The maximum absolute atomic E-state index is 12.1. The number of hydrogen-bond donors (Lipinski definition) is 1. The summed E-state index contributed by atoms with van der Waals surface area (Å²) in [5.74, 6) is -0.139. The van der Waals surface area contributed by atoms with Crippen molar-refractivity contribution >= 4 is 11.8 Å². The molecular weight excluding hydrogens is 268 g/mol. The third-order valence-electron chi connectivity index (χ3n) is 4.39. The van der Waals surface area contributed by atoms with E-state index < -0.39 is 11.8 Å². The second-order valence-electron chi connectivity index (χ2n) is 5.99. The minimum absolute atomic E-state index is 0.0629. The molecule has 2 aliphatic rings. The molecule has 2 unspecified atom stereocenters. The quantitative estimate of drug-likeness (QED) is 0.794. The fourth-order valence-electron chi connectivity index (χ4n) is 3.28. The molecule has 2 amide bonds. The Hall–Kier alpha value is -2.04. The molecule has 2 atom stereocenters. The van der Waals surface area contributed by atoms with Gasteiger partial charge in [0.05, 0.1) is 12.6 Å². The number of carbonyl (C=O) groups excluding carboxylic acids is 2. The van der Waals surface area contributed by atoms with Gasteiger partial charge in [-0.2, -0.15) is 0 Å². The summed E-state index contributed by atoms with van der Waals surface area (Å²) in [6.45, 7) is 3.39. The number of piperidine rings is 1. The van der Waals surface area contributed by atoms with Crippen molar-refractivity contribution in [3.05, 3.63) is 29.3 Å². The van der Waals surface area contributed by atoms with E-state index in [-0.39, 0.29) is 6.04 Å². The molecule has 0 aromatic heterocycles. The summed E-state index contributed by atoms with van der Waals surface area (Å²) in [6, 6.07) is 5.99. The van der Waals surface area contributed by atoms with Crippen molar-refractivity contribution in [2.45, 2.75) is 32.2 Å². The number of amides is 2. The van der Waals surface area contributed by atoms with Gasteiger partial charge in [-0.15, -0.1) is 0 Å². The molecule has 1 saturated heterocycles. The van der Waals surface area contributed by atoms with Crippen LogP contribution in [0.1, 0.15) is 36.9 Å². The van der Waals surface area contributed by atoms with Crippen LogP contribution in [0.25, 0.3) is 0 Å². The Labute approximate surface area is 124 Å². The average Bonchev–Trinajstić information content (AvgIpc) is 2.93. The van der Waals surface area contributed by atoms with E-state index in [1.54, 1.807) is 4.90 Å². The van der Waals surface area contributed by atoms with Gasteiger partial charge in [-0.1, -0.05) is 13.0 Å². The largest absolute Gasteiger partial charge is 0.493 e. The molecule has 1 aromatic carbocycles. The van der Waals surface area contributed by atoms with Crippen molar-refractivity contribution in [1.82, 2.24) is 4.90 Å². The van der Waals surface area contributed by atoms with Crippen LogP contribution in [0.4, 0.5) is 0 Å². The highest BCUT2D eigenvalue weighted by atomic mass is 16.5. The molecule has 1 aromatic rings. The van der Waals surface area contributed by atoms with Crippen LogP contribution in [0.2, 0.25) is 0 Å². The summed E-state index contributed by atoms with van der Waals surface area (Å²) in [5.41, 5.74) is 7.44. The first-order valence-corrected chi connectivity index (χ1v) is 7.42. The van der Waals surface area contributed by atoms with E-state index in [9.17, 15) is 9.59 Å². The molecule has 2 aliphatic heterocycles. The van der Waals surface area contributed by atoms with Gasteiger partial charge in [0.1, 0.15) is 5.75 Å². The molecule has 112 valence electrons. The van der Waals surface area contributed by atoms with Crippen molar-refractivity contribution in [2.75, 3.05) is 13.2 Å². The number of hydrogen-bond acceptors (Lipinski definition) is 3. The SMILES string of the molecule is CC1CCC(c2ccc3c(c2)CCO3)N(C(=O)C(N)=O)C1. The van der Waals surface area contributed by atoms with Gasteiger partial charge in [0.2, 0.25) is 0 Å². The van der Waals surface area contributed by atoms with Gasteiger partial charge in [-0.3, -0.25) is 9.59 Å². The zero-order chi connectivity index (χ0) is 15.0. The predicted molar refractivity (Wildman–Crippen MR) is 77.7 cm³/mol. The van der Waals surface area contributed by atoms with Crippen molar-refractivity contribution in [1.29, 1.82) is 0 Å². The number of nitrogens with two attached hydrogens (primary N) is 1. The van der Waals surface area contributed by atoms with Gasteiger partial charge < -0.3 is 15.4 Å². The number of rotatable bonds is 1. The molecule has 5 heteroatoms. The third-order valence-corrected chi connectivity index (χ3v) is 4.39. The molecule has 0 radical (unpaired) electrons. The van der Waals surface area contributed by atoms with E-state index >= 15 is 0 Å². The molecule has 0 saturated carbocycles. The zero-order valence-electron chi connectivity index (χ0n) is 12.2. The van der Waals surface area contributed by atoms with E-state index in [0.29, 0.717) is 19.1 Å². The molecular formula is C16H20N2O3. The van der Waals surface area contributed by atoms with Crippen LogP contribution >= 0.6 is 0 Å². The number of benzene rings is 1. The van der Waals surface area contributed by atoms with E-state index in [1.165, 1.54) is 5.56 Å². The van der Waals surface area contributed by atoms with Crippen LogP contribution < -0.4 is 10.5 Å². The van der Waals surface area contributed by atoms with Crippen molar-refractivity contribution in [2.24, 2.45) is 11.7 Å². The maximum atomic E-state index is 12.1. The van der Waals surface area contributed by atoms with Crippen molar-refractivity contribution in [3.8, 4) is 5.75 Å². The first-order chi connectivity index (χ1) is 10.1. The van der Waals surface area contributed by atoms with Gasteiger partial charge in [-0.05, 0) is 42.0 Å². The van der Waals surface area contributed by atoms with E-state index in [4.69, 9.17) is 10.5 Å². The highest BCUT2D eigenvalue weighted by Gasteiger charge is 2.33. The van der Waals surface area contributed by atoms with E-state index in [2.05, 4.69) is 13.0 Å². The first-order valence-electron chi connectivity index (χ1n) is 7.42. The molecule has 21 heavy (non-hydrogen) atoms. The van der Waals surface area contributed by atoms with Crippen LogP contribution in [-0.2, 0) is 16.0 Å². The number of likely N-dealkylation sites (tertiary alicyclic amines) is 1. The Kier molecular flexibility index (Phi) is 3.57. The maximum Gasteiger partial charge on any atom is 0.312 e. The predicted octanol–water partition coefficient (Wildman–Crippen LogP) is 1.41. The highest BCUT2D eigenvalue weighted by molar-refractivity contribution is 6.34. The number of nitrogens with zero attached hydrogens (tertiary/aromatic N) is 1. The minimum Gasteiger partial charge on any atom is -0.493 e. The fraction of sp³-hybridized carbons (Fsp3) is 0.500. The summed E-state index contributed by atoms with van der Waals surface area (Å²) < 4.78 is 5.52. The third kappa shape index (κ3) is 2.60. The average molecular weight is 288 g/mol. The summed E-state index contributed by atoms with van der Waals surface area (Å²) in [5, 5.41) is 0. The monoisotopic (exact) mass is 288 g/mol. The molecule has 0 aliphatic carbocycles. The van der Waals surface area contributed by atoms with Gasteiger partial charge in [0.15, 0.2) is 0 Å². The Morgan fingerprint density at radius 2 is 2.14 bits per heavy atom. The van der Waals surface area contributed by atoms with E-state index in [1.807, 2.05) is 12.1 Å². The molecule has 3 rings (SSSR count). The molecule has 0 bridgehead atoms. The molecule has 5 nitrogen and oxygen atoms in total. The summed E-state index contributed by atoms with van der Waals surface area (Å²) >= 11 is 0. The van der Waals surface area contributed by atoms with Gasteiger partial charge in [0, 0.05) is 13.0 Å². The Bertz CT molecular complexity index is 585. The minimum atomic E-state index is -0.876. The van der Waals surface area contributed by atoms with Crippen molar-refractivity contribution < 1.29 is 14.3 Å². The van der Waals surface area contributed by atoms with Gasteiger partial charge in [-0.25, -0.2) is 0 Å². The lowest BCUT2D eigenvalue weighted by atomic mass is 9.89. The van der Waals surface area contributed by atoms with Crippen LogP contribution in [0.3, 0.4) is 0 Å². The van der Waals surface area contributed by atoms with Crippen molar-refractivity contribution in [3.63, 3.8) is 0 Å². The second-order valence-corrected chi connectivity index (χ2v) is 5.99. The molecule has 2 heterocycles. The number of fused-ring (bicyclic) bond motifs is 1. The highest BCUT2D eigenvalue weighted by Crippen LogP contribution is 2.36. The smallest absolute Gasteiger partial charge is 0.312 e. The normalized spacial score (nSPS) is 24.3. The van der Waals surface area contributed by atoms with Crippen LogP contribution in [0, 0.1) is 5.92 Å². The topological polar surface area (TPSA) is 72.6 Å². The first kappa shape index (κ1) is 13.9. The fourth-order valence-corrected chi connectivity index (χ4v) is 3.28. The Morgan fingerprint density at radius 3 is 2.90 bits per heavy atom. The summed E-state index contributed by atoms with van der Waals surface area (Å²) in [6.07, 6.45) is 2.80. The van der Waals surface area contributed by atoms with Crippen LogP contribution in [-0.4, -0.2) is 29.9 Å². The lowest BCUT2D eigenvalue weighted by molar-refractivity contribution is -0.147. The molecule has 1 fully saturated rings. The van der Waals surface area contributed by atoms with Crippen LogP contribution in [0.5, 0.6) is 5.75 Å². The Morgan fingerprint density at radius 1 is 1.33 bits per heavy atom. The lowest BCUT2D eigenvalue weighted by Gasteiger charge is -2.38. The second kappa shape index (κ2) is 5.39. The number of carbonyl (C=O) groups is 2. The summed E-state index contributed by atoms with van der Waals surface area (Å²) in [4.78, 5) is 25.0. The number of primary amides is 1. The lowest BCUT2D eigenvalue weighted by Crippen LogP contribution is -2.46. The summed E-state index contributed by atoms with van der Waals surface area (Å²) in [7, 11) is 0. The van der Waals surface area contributed by atoms with Gasteiger partial charge in [0.25, 0.3) is 0 Å². The molecule has 2 N–H and O–H groups in total. The van der Waals surface area contributed by atoms with E-state index in [0.717, 1.165) is 30.6 Å². The van der Waals surface area contributed by atoms with Crippen LogP contribution in [0.15, 0.2) is 18.2 Å².